The van der Waals surface area contributed by atoms with Gasteiger partial charge in [-0.2, -0.15) is 0 Å². The third kappa shape index (κ3) is 8.31. The van der Waals surface area contributed by atoms with Crippen molar-refractivity contribution in [1.29, 1.82) is 0 Å². The lowest BCUT2D eigenvalue weighted by Crippen LogP contribution is -2.50. The molecule has 0 spiro atoms. The molecular formula is C35H58N2O6Si2. The molecule has 1 N–H and O–H groups in total. The number of amides is 2. The minimum Gasteiger partial charge on any atom is -0.540 e. The number of hydrogen-bond donors (Lipinski definition) is 1. The molecule has 0 saturated carbocycles. The van der Waals surface area contributed by atoms with Crippen molar-refractivity contribution in [2.45, 2.75) is 116 Å². The molecule has 0 saturated heterocycles. The summed E-state index contributed by atoms with van der Waals surface area (Å²) in [5.74, 6) is 0.524. The molecule has 0 bridgehead atoms. The first-order valence-corrected chi connectivity index (χ1v) is 21.2. The Balaban J connectivity index is 2.78. The first-order chi connectivity index (χ1) is 20.8. The van der Waals surface area contributed by atoms with Gasteiger partial charge in [-0.25, -0.2) is 4.79 Å². The maximum atomic E-state index is 14.6. The summed E-state index contributed by atoms with van der Waals surface area (Å²) < 4.78 is 19.4. The molecule has 252 valence electrons. The molecule has 1 aliphatic heterocycles. The number of benzene rings is 1. The highest BCUT2D eigenvalue weighted by molar-refractivity contribution is 6.78. The zero-order valence-electron chi connectivity index (χ0n) is 30.0. The van der Waals surface area contributed by atoms with Crippen molar-refractivity contribution >= 4 is 34.3 Å². The number of rotatable bonds is 14. The smallest absolute Gasteiger partial charge is 0.412 e. The number of carbonyl (C=O) groups excluding carboxylic acids is 1. The summed E-state index contributed by atoms with van der Waals surface area (Å²) >= 11 is 0. The van der Waals surface area contributed by atoms with Gasteiger partial charge >= 0.3 is 6.09 Å². The van der Waals surface area contributed by atoms with Gasteiger partial charge in [0.05, 0.1) is 31.0 Å². The average Bonchev–Trinajstić information content (AvgIpc) is 3.34. The third-order valence-electron chi connectivity index (χ3n) is 9.57. The maximum absolute atomic E-state index is 14.6. The van der Waals surface area contributed by atoms with Crippen LogP contribution in [0, 0.1) is 0 Å². The zero-order chi connectivity index (χ0) is 34.5. The summed E-state index contributed by atoms with van der Waals surface area (Å²) in [6.45, 7) is 30.2. The topological polar surface area (TPSA) is 88.5 Å². The quantitative estimate of drug-likeness (QED) is 0.158. The van der Waals surface area contributed by atoms with Crippen LogP contribution in [0.1, 0.15) is 86.0 Å². The minimum atomic E-state index is -2.45. The Morgan fingerprint density at radius 1 is 1.09 bits per heavy atom. The van der Waals surface area contributed by atoms with Crippen molar-refractivity contribution in [3.8, 4) is 11.5 Å². The van der Waals surface area contributed by atoms with Crippen LogP contribution >= 0.6 is 0 Å². The van der Waals surface area contributed by atoms with E-state index in [0.29, 0.717) is 24.5 Å². The van der Waals surface area contributed by atoms with Gasteiger partial charge in [0.2, 0.25) is 0 Å². The molecule has 1 aliphatic rings. The van der Waals surface area contributed by atoms with Crippen LogP contribution in [-0.2, 0) is 4.43 Å². The van der Waals surface area contributed by atoms with E-state index in [4.69, 9.17) is 13.6 Å². The Bertz CT molecular complexity index is 1260. The van der Waals surface area contributed by atoms with E-state index in [1.807, 2.05) is 25.3 Å². The van der Waals surface area contributed by atoms with Gasteiger partial charge in [-0.3, -0.25) is 9.69 Å². The number of carbonyl (C=O) groups is 2. The summed E-state index contributed by atoms with van der Waals surface area (Å²) in [7, 11) is -3.00. The highest BCUT2D eigenvalue weighted by Crippen LogP contribution is 2.47. The van der Waals surface area contributed by atoms with Gasteiger partial charge in [0.25, 0.3) is 14.2 Å². The van der Waals surface area contributed by atoms with Gasteiger partial charge in [-0.15, -0.1) is 6.58 Å². The molecule has 1 unspecified atom stereocenters. The normalized spacial score (nSPS) is 16.1. The Morgan fingerprint density at radius 2 is 1.67 bits per heavy atom. The van der Waals surface area contributed by atoms with Gasteiger partial charge in [0, 0.05) is 18.8 Å². The maximum Gasteiger partial charge on any atom is 0.412 e. The Kier molecular flexibility index (Phi) is 12.9. The fourth-order valence-electron chi connectivity index (χ4n) is 6.19. The number of anilines is 1. The van der Waals surface area contributed by atoms with Crippen molar-refractivity contribution in [2.75, 3.05) is 25.2 Å². The Hall–Kier alpha value is -2.83. The van der Waals surface area contributed by atoms with Gasteiger partial charge < -0.3 is 23.6 Å². The highest BCUT2D eigenvalue weighted by Gasteiger charge is 2.48. The number of hydrogen-bond acceptors (Lipinski definition) is 5. The lowest BCUT2D eigenvalue weighted by molar-refractivity contribution is 0.0738. The van der Waals surface area contributed by atoms with Crippen LogP contribution in [0.3, 0.4) is 0 Å². The standard InChI is InChI=1S/C35H58N2O6Si2/c1-15-17-27-19-28(23-42-44(13,14)35(9,10)11)37(22-27)33(38)29-20-31(41-12)32(21-30(29)36(18-16-2)34(39)40)43-45(24(3)4,25(5)6)26(7)8/h15-17,20-22,24-26,28H,2,18-19,23H2,1,3-14H3,(H,39,40). The molecular weight excluding hydrogens is 601 g/mol. The number of carboxylic acid groups (broad SMARTS) is 1. The zero-order valence-corrected chi connectivity index (χ0v) is 32.0. The largest absolute Gasteiger partial charge is 0.540 e. The molecule has 1 atom stereocenters. The fourth-order valence-corrected chi connectivity index (χ4v) is 12.5. The van der Waals surface area contributed by atoms with E-state index in [1.165, 1.54) is 6.08 Å². The average molecular weight is 659 g/mol. The molecule has 8 nitrogen and oxygen atoms in total. The van der Waals surface area contributed by atoms with Crippen LogP contribution in [-0.4, -0.2) is 64.9 Å². The second kappa shape index (κ2) is 15.2. The first kappa shape index (κ1) is 38.4. The number of methoxy groups -OCH3 is 1. The van der Waals surface area contributed by atoms with Crippen molar-refractivity contribution < 1.29 is 28.3 Å². The molecule has 1 heterocycles. The second-order valence-electron chi connectivity index (χ2n) is 14.5. The van der Waals surface area contributed by atoms with Gasteiger partial charge in [0.1, 0.15) is 5.75 Å². The molecule has 45 heavy (non-hydrogen) atoms. The lowest BCUT2D eigenvalue weighted by atomic mass is 10.1. The van der Waals surface area contributed by atoms with Crippen LogP contribution < -0.4 is 14.1 Å². The molecule has 1 aromatic rings. The van der Waals surface area contributed by atoms with Crippen LogP contribution in [0.15, 0.2) is 48.7 Å². The summed E-state index contributed by atoms with van der Waals surface area (Å²) in [6.07, 6.45) is 6.77. The SMILES string of the molecule is C=CCN(C(=O)O)c1cc(O[Si](C(C)C)(C(C)C)C(C)C)c(OC)cc1C(=O)N1C=C(C=CC)CC1CO[Si](C)(C)C(C)(C)C. The monoisotopic (exact) mass is 658 g/mol. The summed E-state index contributed by atoms with van der Waals surface area (Å²) in [5.41, 5.74) is 2.28. The summed E-state index contributed by atoms with van der Waals surface area (Å²) in [4.78, 5) is 30.0. The fraction of sp³-hybridized carbons (Fsp3) is 0.600. The molecule has 0 aromatic heterocycles. The van der Waals surface area contributed by atoms with E-state index in [9.17, 15) is 14.7 Å². The second-order valence-corrected chi connectivity index (χ2v) is 24.7. The first-order valence-electron chi connectivity index (χ1n) is 16.1. The Morgan fingerprint density at radius 3 is 2.11 bits per heavy atom. The molecule has 0 aliphatic carbocycles. The van der Waals surface area contributed by atoms with E-state index in [1.54, 1.807) is 24.1 Å². The van der Waals surface area contributed by atoms with E-state index in [-0.39, 0.29) is 51.4 Å². The molecule has 0 fully saturated rings. The highest BCUT2D eigenvalue weighted by atomic mass is 28.4. The molecule has 1 aromatic carbocycles. The van der Waals surface area contributed by atoms with Crippen LogP contribution in [0.25, 0.3) is 0 Å². The van der Waals surface area contributed by atoms with Crippen molar-refractivity contribution in [2.24, 2.45) is 0 Å². The van der Waals surface area contributed by atoms with E-state index in [0.717, 1.165) is 10.5 Å². The predicted molar refractivity (Wildman–Crippen MR) is 191 cm³/mol. The van der Waals surface area contributed by atoms with Crippen LogP contribution in [0.4, 0.5) is 10.5 Å². The van der Waals surface area contributed by atoms with Crippen molar-refractivity contribution in [3.63, 3.8) is 0 Å². The summed E-state index contributed by atoms with van der Waals surface area (Å²) in [6, 6.07) is 3.07. The summed E-state index contributed by atoms with van der Waals surface area (Å²) in [5, 5.41) is 10.3. The number of nitrogens with zero attached hydrogens (tertiary/aromatic N) is 2. The molecule has 2 amide bonds. The van der Waals surface area contributed by atoms with Crippen molar-refractivity contribution in [1.82, 2.24) is 4.90 Å². The van der Waals surface area contributed by atoms with Crippen LogP contribution in [0.2, 0.25) is 34.8 Å². The van der Waals surface area contributed by atoms with Gasteiger partial charge in [-0.1, -0.05) is 80.5 Å². The van der Waals surface area contributed by atoms with Gasteiger partial charge in [-0.05, 0) is 59.7 Å². The van der Waals surface area contributed by atoms with E-state index >= 15 is 0 Å². The third-order valence-corrected chi connectivity index (χ3v) is 20.1. The lowest BCUT2D eigenvalue weighted by Gasteiger charge is -2.42. The molecule has 0 radical (unpaired) electrons. The van der Waals surface area contributed by atoms with E-state index < -0.39 is 22.7 Å². The Labute approximate surface area is 274 Å². The number of ether oxygens (including phenoxy) is 1. The van der Waals surface area contributed by atoms with E-state index in [2.05, 4.69) is 82.0 Å². The number of allylic oxidation sites excluding steroid dienone is 2. The van der Waals surface area contributed by atoms with Crippen LogP contribution in [0.5, 0.6) is 11.5 Å². The predicted octanol–water partition coefficient (Wildman–Crippen LogP) is 9.62. The minimum absolute atomic E-state index is 0.0000682. The molecule has 2 rings (SSSR count). The molecule has 10 heteroatoms. The van der Waals surface area contributed by atoms with Gasteiger partial charge in [0.15, 0.2) is 14.1 Å². The van der Waals surface area contributed by atoms with Crippen molar-refractivity contribution in [3.05, 3.63) is 54.3 Å².